The smallest absolute Gasteiger partial charge is 0.110 e. The third-order valence-corrected chi connectivity index (χ3v) is 3.02. The molecule has 84 valence electrons. The zero-order valence-electron chi connectivity index (χ0n) is 8.93. The molecule has 0 bridgehead atoms. The van der Waals surface area contributed by atoms with Crippen molar-refractivity contribution in [3.05, 3.63) is 51.5 Å². The summed E-state index contributed by atoms with van der Waals surface area (Å²) in [6, 6.07) is 5.52. The first-order valence-electron chi connectivity index (χ1n) is 5.15. The molecule has 16 heavy (non-hydrogen) atoms. The molecule has 1 N–H and O–H groups in total. The van der Waals surface area contributed by atoms with E-state index in [4.69, 9.17) is 23.2 Å². The summed E-state index contributed by atoms with van der Waals surface area (Å²) in [6.07, 6.45) is 3.52. The summed E-state index contributed by atoms with van der Waals surface area (Å²) < 4.78 is 0. The molecule has 0 aliphatic rings. The van der Waals surface area contributed by atoms with E-state index in [1.807, 2.05) is 18.3 Å². The van der Waals surface area contributed by atoms with E-state index in [1.165, 1.54) is 0 Å². The van der Waals surface area contributed by atoms with Gasteiger partial charge in [0.15, 0.2) is 0 Å². The lowest BCUT2D eigenvalue weighted by Crippen LogP contribution is -1.92. The third-order valence-electron chi connectivity index (χ3n) is 2.43. The van der Waals surface area contributed by atoms with Gasteiger partial charge in [-0.05, 0) is 24.1 Å². The van der Waals surface area contributed by atoms with Crippen LogP contribution < -0.4 is 0 Å². The monoisotopic (exact) mass is 254 g/mol. The van der Waals surface area contributed by atoms with Crippen molar-refractivity contribution in [3.8, 4) is 0 Å². The number of aromatic amines is 1. The predicted octanol–water partition coefficient (Wildman–Crippen LogP) is 3.87. The van der Waals surface area contributed by atoms with Gasteiger partial charge in [0.1, 0.15) is 5.82 Å². The number of rotatable bonds is 3. The van der Waals surface area contributed by atoms with Crippen LogP contribution in [0.4, 0.5) is 0 Å². The van der Waals surface area contributed by atoms with Gasteiger partial charge < -0.3 is 4.98 Å². The molecular formula is C12H12Cl2N2. The predicted molar refractivity (Wildman–Crippen MR) is 67.2 cm³/mol. The fourth-order valence-electron chi connectivity index (χ4n) is 1.52. The molecule has 0 aliphatic heterocycles. The summed E-state index contributed by atoms with van der Waals surface area (Å²) in [5, 5.41) is 1.34. The van der Waals surface area contributed by atoms with Gasteiger partial charge in [-0.1, -0.05) is 36.2 Å². The molecule has 0 aliphatic carbocycles. The van der Waals surface area contributed by atoms with Gasteiger partial charge in [-0.3, -0.25) is 0 Å². The largest absolute Gasteiger partial charge is 0.346 e. The van der Waals surface area contributed by atoms with Crippen molar-refractivity contribution in [2.24, 2.45) is 0 Å². The number of aryl methyl sites for hydroxylation is 1. The molecule has 0 amide bonds. The van der Waals surface area contributed by atoms with Crippen LogP contribution in [0.2, 0.25) is 10.0 Å². The van der Waals surface area contributed by atoms with Crippen molar-refractivity contribution < 1.29 is 0 Å². The number of hydrogen-bond acceptors (Lipinski definition) is 1. The van der Waals surface area contributed by atoms with E-state index in [0.29, 0.717) is 16.5 Å². The number of nitrogens with one attached hydrogen (secondary N) is 1. The average Bonchev–Trinajstić information content (AvgIpc) is 2.70. The Morgan fingerprint density at radius 2 is 2.12 bits per heavy atom. The number of hydrogen-bond donors (Lipinski definition) is 1. The van der Waals surface area contributed by atoms with Crippen LogP contribution in [-0.4, -0.2) is 9.97 Å². The minimum atomic E-state index is 0.655. The van der Waals surface area contributed by atoms with Crippen LogP contribution in [0.3, 0.4) is 0 Å². The Balaban J connectivity index is 2.20. The van der Waals surface area contributed by atoms with E-state index in [-0.39, 0.29) is 0 Å². The Kier molecular flexibility index (Phi) is 3.52. The van der Waals surface area contributed by atoms with Crippen molar-refractivity contribution in [2.45, 2.75) is 19.8 Å². The standard InChI is InChI=1S/C12H12Cl2N2/c1-2-10-7-15-12(16-10)5-8-3-4-9(13)6-11(8)14/h3-4,6-7H,2,5H2,1H3,(H,15,16). The van der Waals surface area contributed by atoms with Crippen molar-refractivity contribution in [2.75, 3.05) is 0 Å². The van der Waals surface area contributed by atoms with Gasteiger partial charge in [0, 0.05) is 28.4 Å². The Bertz CT molecular complexity index is 492. The lowest BCUT2D eigenvalue weighted by molar-refractivity contribution is 0.988. The maximum Gasteiger partial charge on any atom is 0.110 e. The van der Waals surface area contributed by atoms with Crippen molar-refractivity contribution >= 4 is 23.2 Å². The minimum absolute atomic E-state index is 0.655. The minimum Gasteiger partial charge on any atom is -0.346 e. The third kappa shape index (κ3) is 2.57. The Morgan fingerprint density at radius 3 is 2.75 bits per heavy atom. The van der Waals surface area contributed by atoms with E-state index in [2.05, 4.69) is 16.9 Å². The number of halogens is 2. The number of benzene rings is 1. The first-order chi connectivity index (χ1) is 7.69. The number of H-pyrrole nitrogens is 1. The van der Waals surface area contributed by atoms with Gasteiger partial charge in [-0.25, -0.2) is 4.98 Å². The van der Waals surface area contributed by atoms with E-state index in [9.17, 15) is 0 Å². The summed E-state index contributed by atoms with van der Waals surface area (Å²) in [5.74, 6) is 0.932. The molecular weight excluding hydrogens is 243 g/mol. The SMILES string of the molecule is CCc1cnc(Cc2ccc(Cl)cc2Cl)[nH]1. The zero-order chi connectivity index (χ0) is 11.5. The van der Waals surface area contributed by atoms with Crippen LogP contribution in [0.25, 0.3) is 0 Å². The molecule has 2 aromatic rings. The van der Waals surface area contributed by atoms with E-state index < -0.39 is 0 Å². The van der Waals surface area contributed by atoms with Gasteiger partial charge in [0.05, 0.1) is 0 Å². The molecule has 0 unspecified atom stereocenters. The first kappa shape index (κ1) is 11.5. The average molecular weight is 255 g/mol. The number of aromatic nitrogens is 2. The second-order valence-electron chi connectivity index (χ2n) is 3.62. The highest BCUT2D eigenvalue weighted by Crippen LogP contribution is 2.22. The summed E-state index contributed by atoms with van der Waals surface area (Å²) in [6.45, 7) is 2.09. The molecule has 0 saturated heterocycles. The molecule has 0 radical (unpaired) electrons. The Hall–Kier alpha value is -0.990. The second kappa shape index (κ2) is 4.89. The van der Waals surface area contributed by atoms with Gasteiger partial charge in [-0.15, -0.1) is 0 Å². The van der Waals surface area contributed by atoms with Gasteiger partial charge in [0.2, 0.25) is 0 Å². The van der Waals surface area contributed by atoms with Crippen LogP contribution in [0.5, 0.6) is 0 Å². The summed E-state index contributed by atoms with van der Waals surface area (Å²) in [5.41, 5.74) is 2.17. The normalized spacial score (nSPS) is 10.7. The quantitative estimate of drug-likeness (QED) is 0.886. The van der Waals surface area contributed by atoms with Crippen molar-refractivity contribution in [1.82, 2.24) is 9.97 Å². The van der Waals surface area contributed by atoms with Crippen LogP contribution >= 0.6 is 23.2 Å². The van der Waals surface area contributed by atoms with Crippen LogP contribution in [-0.2, 0) is 12.8 Å². The molecule has 0 fully saturated rings. The summed E-state index contributed by atoms with van der Waals surface area (Å²) in [4.78, 5) is 7.55. The fourth-order valence-corrected chi connectivity index (χ4v) is 2.00. The number of imidazole rings is 1. The van der Waals surface area contributed by atoms with Crippen LogP contribution in [0.1, 0.15) is 24.0 Å². The number of nitrogens with zero attached hydrogens (tertiary/aromatic N) is 1. The molecule has 1 aromatic heterocycles. The summed E-state index contributed by atoms with van der Waals surface area (Å²) in [7, 11) is 0. The molecule has 1 heterocycles. The fraction of sp³-hybridized carbons (Fsp3) is 0.250. The van der Waals surface area contributed by atoms with Gasteiger partial charge >= 0.3 is 0 Å². The maximum absolute atomic E-state index is 6.09. The van der Waals surface area contributed by atoms with E-state index >= 15 is 0 Å². The topological polar surface area (TPSA) is 28.7 Å². The van der Waals surface area contributed by atoms with Gasteiger partial charge in [-0.2, -0.15) is 0 Å². The molecule has 1 aromatic carbocycles. The highest BCUT2D eigenvalue weighted by molar-refractivity contribution is 6.35. The highest BCUT2D eigenvalue weighted by Gasteiger charge is 2.05. The van der Waals surface area contributed by atoms with Crippen LogP contribution in [0, 0.1) is 0 Å². The highest BCUT2D eigenvalue weighted by atomic mass is 35.5. The zero-order valence-corrected chi connectivity index (χ0v) is 10.4. The molecule has 2 rings (SSSR count). The lowest BCUT2D eigenvalue weighted by Gasteiger charge is -2.02. The van der Waals surface area contributed by atoms with E-state index in [1.54, 1.807) is 6.07 Å². The maximum atomic E-state index is 6.09. The Morgan fingerprint density at radius 1 is 1.31 bits per heavy atom. The van der Waals surface area contributed by atoms with E-state index in [0.717, 1.165) is 23.5 Å². The molecule has 0 saturated carbocycles. The van der Waals surface area contributed by atoms with Crippen molar-refractivity contribution in [1.29, 1.82) is 0 Å². The van der Waals surface area contributed by atoms with Gasteiger partial charge in [0.25, 0.3) is 0 Å². The van der Waals surface area contributed by atoms with Crippen LogP contribution in [0.15, 0.2) is 24.4 Å². The first-order valence-corrected chi connectivity index (χ1v) is 5.91. The second-order valence-corrected chi connectivity index (χ2v) is 4.46. The van der Waals surface area contributed by atoms with Crippen molar-refractivity contribution in [3.63, 3.8) is 0 Å². The molecule has 2 nitrogen and oxygen atoms in total. The lowest BCUT2D eigenvalue weighted by atomic mass is 10.1. The Labute approximate surface area is 105 Å². The molecule has 0 atom stereocenters. The molecule has 0 spiro atoms. The summed E-state index contributed by atoms with van der Waals surface area (Å²) >= 11 is 11.9. The molecule has 4 heteroatoms.